The van der Waals surface area contributed by atoms with Crippen LogP contribution < -0.4 is 19.8 Å². The van der Waals surface area contributed by atoms with Gasteiger partial charge >= 0.3 is 0 Å². The summed E-state index contributed by atoms with van der Waals surface area (Å²) in [6.07, 6.45) is 1.71. The number of hydrogen-bond donors (Lipinski definition) is 1. The fraction of sp³-hybridized carbons (Fsp3) is 0.320. The molecule has 3 aromatic rings. The van der Waals surface area contributed by atoms with Gasteiger partial charge in [0.25, 0.3) is 5.56 Å². The topological polar surface area (TPSA) is 69.9 Å². The van der Waals surface area contributed by atoms with Gasteiger partial charge in [-0.2, -0.15) is 0 Å². The van der Waals surface area contributed by atoms with E-state index < -0.39 is 5.60 Å². The normalized spacial score (nSPS) is 10.6. The predicted molar refractivity (Wildman–Crippen MR) is 123 cm³/mol. The summed E-state index contributed by atoms with van der Waals surface area (Å²) < 4.78 is 18.2. The minimum absolute atomic E-state index is 0.124. The maximum atomic E-state index is 12.6. The van der Waals surface area contributed by atoms with Gasteiger partial charge in [-0.25, -0.2) is 0 Å². The van der Waals surface area contributed by atoms with E-state index in [2.05, 4.69) is 0 Å². The fourth-order valence-corrected chi connectivity index (χ4v) is 2.69. The van der Waals surface area contributed by atoms with Crippen molar-refractivity contribution in [2.24, 2.45) is 0 Å². The van der Waals surface area contributed by atoms with Crippen molar-refractivity contribution in [1.29, 1.82) is 0 Å². The minimum Gasteiger partial charge on any atom is -0.493 e. The third kappa shape index (κ3) is 7.19. The van der Waals surface area contributed by atoms with Crippen LogP contribution in [-0.2, 0) is 6.61 Å². The molecule has 0 saturated carbocycles. The van der Waals surface area contributed by atoms with Gasteiger partial charge in [-0.3, -0.25) is 9.36 Å². The summed E-state index contributed by atoms with van der Waals surface area (Å²) >= 11 is 0. The van der Waals surface area contributed by atoms with Crippen LogP contribution in [0, 0.1) is 0 Å². The molecule has 0 bridgehead atoms. The Labute approximate surface area is 183 Å². The lowest BCUT2D eigenvalue weighted by atomic mass is 10.2. The quantitative estimate of drug-likeness (QED) is 0.571. The van der Waals surface area contributed by atoms with Crippen LogP contribution in [0.2, 0.25) is 0 Å². The Bertz CT molecular complexity index is 1010. The van der Waals surface area contributed by atoms with Crippen LogP contribution in [0.15, 0.2) is 71.7 Å². The summed E-state index contributed by atoms with van der Waals surface area (Å²) in [7, 11) is 1.53. The molecule has 6 heteroatoms. The van der Waals surface area contributed by atoms with Crippen LogP contribution in [0.3, 0.4) is 0 Å². The second kappa shape index (κ2) is 11.2. The highest BCUT2D eigenvalue weighted by Crippen LogP contribution is 2.29. The zero-order chi connectivity index (χ0) is 22.9. The number of nitrogens with zero attached hydrogens (tertiary/aromatic N) is 1. The molecule has 1 heterocycles. The maximum Gasteiger partial charge on any atom is 0.255 e. The third-order valence-electron chi connectivity index (χ3n) is 4.14. The van der Waals surface area contributed by atoms with E-state index in [0.717, 1.165) is 11.3 Å². The van der Waals surface area contributed by atoms with Crippen molar-refractivity contribution in [2.45, 2.75) is 39.9 Å². The number of pyridine rings is 1. The fourth-order valence-electron chi connectivity index (χ4n) is 2.69. The highest BCUT2D eigenvalue weighted by molar-refractivity contribution is 5.49. The van der Waals surface area contributed by atoms with E-state index in [1.165, 1.54) is 11.7 Å². The smallest absolute Gasteiger partial charge is 0.255 e. The Hall–Kier alpha value is -3.25. The molecular weight excluding hydrogens is 394 g/mol. The standard InChI is InChI=1S/C23H25NO5.C2H6/c1-23(2,26)16-29-20-10-9-18(14-21(20)27-3)24-12-11-17(13-22(24)25)15-28-19-7-5-4-6-8-19;1-2/h4-14,26H,15-16H2,1-3H3;1-2H3. The van der Waals surface area contributed by atoms with E-state index in [0.29, 0.717) is 23.8 Å². The Balaban J connectivity index is 0.00000166. The monoisotopic (exact) mass is 425 g/mol. The molecule has 31 heavy (non-hydrogen) atoms. The van der Waals surface area contributed by atoms with Crippen molar-refractivity contribution in [2.75, 3.05) is 13.7 Å². The molecule has 3 rings (SSSR count). The van der Waals surface area contributed by atoms with Gasteiger partial charge in [0, 0.05) is 18.3 Å². The summed E-state index contributed by atoms with van der Waals surface area (Å²) in [6.45, 7) is 7.76. The molecule has 0 atom stereocenters. The van der Waals surface area contributed by atoms with Gasteiger partial charge in [0.15, 0.2) is 11.5 Å². The van der Waals surface area contributed by atoms with Crippen LogP contribution >= 0.6 is 0 Å². The molecular formula is C25H31NO5. The summed E-state index contributed by atoms with van der Waals surface area (Å²) in [4.78, 5) is 12.6. The van der Waals surface area contributed by atoms with Gasteiger partial charge < -0.3 is 19.3 Å². The van der Waals surface area contributed by atoms with Crippen molar-refractivity contribution in [3.8, 4) is 22.9 Å². The zero-order valence-corrected chi connectivity index (χ0v) is 18.8. The van der Waals surface area contributed by atoms with Crippen LogP contribution in [0.1, 0.15) is 33.3 Å². The number of aliphatic hydroxyl groups is 1. The zero-order valence-electron chi connectivity index (χ0n) is 18.8. The first-order valence-corrected chi connectivity index (χ1v) is 10.3. The molecule has 0 radical (unpaired) electrons. The minimum atomic E-state index is -0.960. The third-order valence-corrected chi connectivity index (χ3v) is 4.14. The van der Waals surface area contributed by atoms with E-state index in [1.807, 2.05) is 50.2 Å². The van der Waals surface area contributed by atoms with Crippen molar-refractivity contribution in [3.05, 3.63) is 82.8 Å². The largest absolute Gasteiger partial charge is 0.493 e. The highest BCUT2D eigenvalue weighted by Gasteiger charge is 2.16. The van der Waals surface area contributed by atoms with Crippen LogP contribution in [-0.4, -0.2) is 29.0 Å². The molecule has 166 valence electrons. The molecule has 0 saturated heterocycles. The van der Waals surface area contributed by atoms with Gasteiger partial charge in [0.05, 0.1) is 18.4 Å². The first kappa shape index (κ1) is 24.0. The molecule has 1 N–H and O–H groups in total. The molecule has 0 spiro atoms. The summed E-state index contributed by atoms with van der Waals surface area (Å²) in [6, 6.07) is 18.1. The van der Waals surface area contributed by atoms with E-state index in [9.17, 15) is 9.90 Å². The maximum absolute atomic E-state index is 12.6. The van der Waals surface area contributed by atoms with Crippen molar-refractivity contribution in [3.63, 3.8) is 0 Å². The molecule has 0 amide bonds. The van der Waals surface area contributed by atoms with Crippen molar-refractivity contribution < 1.29 is 19.3 Å². The van der Waals surface area contributed by atoms with E-state index >= 15 is 0 Å². The number of ether oxygens (including phenoxy) is 3. The molecule has 0 aliphatic carbocycles. The number of aromatic nitrogens is 1. The summed E-state index contributed by atoms with van der Waals surface area (Å²) in [5.41, 5.74) is 0.301. The summed E-state index contributed by atoms with van der Waals surface area (Å²) in [5, 5.41) is 9.83. The lowest BCUT2D eigenvalue weighted by Gasteiger charge is -2.19. The highest BCUT2D eigenvalue weighted by atomic mass is 16.5. The lowest BCUT2D eigenvalue weighted by molar-refractivity contribution is 0.0276. The Morgan fingerprint density at radius 2 is 1.65 bits per heavy atom. The van der Waals surface area contributed by atoms with Crippen LogP contribution in [0.5, 0.6) is 17.2 Å². The number of hydrogen-bond acceptors (Lipinski definition) is 5. The molecule has 2 aromatic carbocycles. The number of rotatable bonds is 8. The van der Waals surface area contributed by atoms with Crippen molar-refractivity contribution in [1.82, 2.24) is 4.57 Å². The lowest BCUT2D eigenvalue weighted by Crippen LogP contribution is -2.28. The second-order valence-corrected chi connectivity index (χ2v) is 7.28. The van der Waals surface area contributed by atoms with Gasteiger partial charge in [0.1, 0.15) is 19.0 Å². The summed E-state index contributed by atoms with van der Waals surface area (Å²) in [5.74, 6) is 1.73. The number of methoxy groups -OCH3 is 1. The first-order valence-electron chi connectivity index (χ1n) is 10.3. The van der Waals surface area contributed by atoms with Gasteiger partial charge in [0.2, 0.25) is 0 Å². The second-order valence-electron chi connectivity index (χ2n) is 7.28. The SMILES string of the molecule is CC.COc1cc(-n2ccc(COc3ccccc3)cc2=O)ccc1OCC(C)(C)O. The first-order chi connectivity index (χ1) is 14.9. The molecule has 0 aliphatic heterocycles. The van der Waals surface area contributed by atoms with Crippen molar-refractivity contribution >= 4 is 0 Å². The molecule has 6 nitrogen and oxygen atoms in total. The Morgan fingerprint density at radius 3 is 2.26 bits per heavy atom. The number of benzene rings is 2. The van der Waals surface area contributed by atoms with Crippen LogP contribution in [0.4, 0.5) is 0 Å². The Kier molecular flexibility index (Phi) is 8.70. The molecule has 1 aromatic heterocycles. The van der Waals surface area contributed by atoms with Gasteiger partial charge in [-0.05, 0) is 49.7 Å². The van der Waals surface area contributed by atoms with Gasteiger partial charge in [-0.15, -0.1) is 0 Å². The van der Waals surface area contributed by atoms with E-state index in [-0.39, 0.29) is 12.2 Å². The molecule has 0 unspecified atom stereocenters. The number of para-hydroxylation sites is 1. The van der Waals surface area contributed by atoms with E-state index in [4.69, 9.17) is 14.2 Å². The molecule has 0 aliphatic rings. The predicted octanol–water partition coefficient (Wildman–Crippen LogP) is 4.60. The Morgan fingerprint density at radius 1 is 0.935 bits per heavy atom. The van der Waals surface area contributed by atoms with Gasteiger partial charge in [-0.1, -0.05) is 32.0 Å². The average molecular weight is 426 g/mol. The van der Waals surface area contributed by atoms with E-state index in [1.54, 1.807) is 44.3 Å². The van der Waals surface area contributed by atoms with Crippen LogP contribution in [0.25, 0.3) is 5.69 Å². The molecule has 0 fully saturated rings. The average Bonchev–Trinajstić information content (AvgIpc) is 2.78.